The topological polar surface area (TPSA) is 9.23 Å². The average Bonchev–Trinajstić information content (AvgIpc) is 2.46. The molecule has 0 aromatic heterocycles. The highest BCUT2D eigenvalue weighted by atomic mass is 16.5. The van der Waals surface area contributed by atoms with Crippen molar-refractivity contribution in [2.24, 2.45) is 11.8 Å². The summed E-state index contributed by atoms with van der Waals surface area (Å²) in [7, 11) is 1.86. The summed E-state index contributed by atoms with van der Waals surface area (Å²) in [5.41, 5.74) is 1.34. The van der Waals surface area contributed by atoms with E-state index in [1.165, 1.54) is 44.1 Å². The Hall–Kier alpha value is -0.820. The first-order valence-corrected chi connectivity index (χ1v) is 7.44. The minimum Gasteiger partial charge on any atom is -0.376 e. The molecule has 1 aliphatic rings. The van der Waals surface area contributed by atoms with Crippen molar-refractivity contribution in [3.8, 4) is 0 Å². The third-order valence-corrected chi connectivity index (χ3v) is 4.50. The zero-order chi connectivity index (χ0) is 12.8. The van der Waals surface area contributed by atoms with Gasteiger partial charge in [0, 0.05) is 7.11 Å². The van der Waals surface area contributed by atoms with E-state index in [9.17, 15) is 0 Å². The Kier molecular flexibility index (Phi) is 5.25. The lowest BCUT2D eigenvalue weighted by Crippen LogP contribution is -2.25. The molecule has 18 heavy (non-hydrogen) atoms. The van der Waals surface area contributed by atoms with Gasteiger partial charge in [0.1, 0.15) is 0 Å². The molecule has 0 heterocycles. The molecular formula is C17H26O. The van der Waals surface area contributed by atoms with Gasteiger partial charge in [0.05, 0.1) is 6.10 Å². The van der Waals surface area contributed by atoms with Crippen LogP contribution in [0.4, 0.5) is 0 Å². The molecule has 100 valence electrons. The van der Waals surface area contributed by atoms with Crippen molar-refractivity contribution in [1.82, 2.24) is 0 Å². The maximum absolute atomic E-state index is 5.84. The first-order chi connectivity index (χ1) is 8.86. The maximum atomic E-state index is 5.84. The fraction of sp³-hybridized carbons (Fsp3) is 0.647. The van der Waals surface area contributed by atoms with Gasteiger partial charge in [0.2, 0.25) is 0 Å². The predicted molar refractivity (Wildman–Crippen MR) is 76.5 cm³/mol. The van der Waals surface area contributed by atoms with E-state index in [4.69, 9.17) is 4.74 Å². The quantitative estimate of drug-likeness (QED) is 0.712. The molecular weight excluding hydrogens is 220 g/mol. The molecule has 0 aliphatic heterocycles. The average molecular weight is 246 g/mol. The van der Waals surface area contributed by atoms with Crippen LogP contribution in [-0.4, -0.2) is 7.11 Å². The van der Waals surface area contributed by atoms with Gasteiger partial charge in [-0.15, -0.1) is 0 Å². The summed E-state index contributed by atoms with van der Waals surface area (Å²) < 4.78 is 5.84. The summed E-state index contributed by atoms with van der Waals surface area (Å²) in [4.78, 5) is 0. The molecule has 1 fully saturated rings. The van der Waals surface area contributed by atoms with Gasteiger partial charge in [-0.1, -0.05) is 75.8 Å². The van der Waals surface area contributed by atoms with Crippen LogP contribution in [0.15, 0.2) is 30.3 Å². The van der Waals surface area contributed by atoms with E-state index < -0.39 is 0 Å². The zero-order valence-corrected chi connectivity index (χ0v) is 11.8. The lowest BCUT2D eigenvalue weighted by molar-refractivity contribution is 0.0143. The SMILES string of the molecule is CCC(C1CCCCC1)C(OC)c1ccccc1. The zero-order valence-electron chi connectivity index (χ0n) is 11.8. The van der Waals surface area contributed by atoms with Crippen LogP contribution in [-0.2, 0) is 4.74 Å². The van der Waals surface area contributed by atoms with E-state index >= 15 is 0 Å². The smallest absolute Gasteiger partial charge is 0.0851 e. The minimum atomic E-state index is 0.277. The van der Waals surface area contributed by atoms with Crippen LogP contribution >= 0.6 is 0 Å². The molecule has 1 nitrogen and oxygen atoms in total. The fourth-order valence-electron chi connectivity index (χ4n) is 3.56. The van der Waals surface area contributed by atoms with Crippen LogP contribution in [0.25, 0.3) is 0 Å². The lowest BCUT2D eigenvalue weighted by Gasteiger charge is -2.35. The second-order valence-electron chi connectivity index (χ2n) is 5.54. The third kappa shape index (κ3) is 3.14. The Morgan fingerprint density at radius 1 is 1.11 bits per heavy atom. The molecule has 0 radical (unpaired) electrons. The monoisotopic (exact) mass is 246 g/mol. The summed E-state index contributed by atoms with van der Waals surface area (Å²) in [6.07, 6.45) is 8.53. The van der Waals surface area contributed by atoms with Crippen molar-refractivity contribution in [3.05, 3.63) is 35.9 Å². The number of hydrogen-bond donors (Lipinski definition) is 0. The van der Waals surface area contributed by atoms with Gasteiger partial charge in [-0.3, -0.25) is 0 Å². The van der Waals surface area contributed by atoms with Crippen molar-refractivity contribution >= 4 is 0 Å². The standard InChI is InChI=1S/C17H26O/c1-3-16(14-10-6-4-7-11-14)17(18-2)15-12-8-5-9-13-15/h5,8-9,12-14,16-17H,3-4,6-7,10-11H2,1-2H3. The summed E-state index contributed by atoms with van der Waals surface area (Å²) in [6.45, 7) is 2.31. The van der Waals surface area contributed by atoms with Crippen LogP contribution in [0.2, 0.25) is 0 Å². The Labute approximate surface area is 112 Å². The van der Waals surface area contributed by atoms with E-state index in [2.05, 4.69) is 37.3 Å². The second kappa shape index (κ2) is 6.94. The van der Waals surface area contributed by atoms with E-state index in [-0.39, 0.29) is 6.10 Å². The van der Waals surface area contributed by atoms with Gasteiger partial charge in [0.25, 0.3) is 0 Å². The molecule has 1 aliphatic carbocycles. The highest BCUT2D eigenvalue weighted by Gasteiger charge is 2.30. The molecule has 1 saturated carbocycles. The minimum absolute atomic E-state index is 0.277. The number of ether oxygens (including phenoxy) is 1. The van der Waals surface area contributed by atoms with Gasteiger partial charge >= 0.3 is 0 Å². The molecule has 0 saturated heterocycles. The number of methoxy groups -OCH3 is 1. The molecule has 0 spiro atoms. The van der Waals surface area contributed by atoms with Gasteiger partial charge in [-0.2, -0.15) is 0 Å². The normalized spacial score (nSPS) is 20.6. The lowest BCUT2D eigenvalue weighted by atomic mass is 9.75. The van der Waals surface area contributed by atoms with Crippen molar-refractivity contribution < 1.29 is 4.74 Å². The predicted octanol–water partition coefficient (Wildman–Crippen LogP) is 4.98. The van der Waals surface area contributed by atoms with Crippen LogP contribution in [0, 0.1) is 11.8 Å². The van der Waals surface area contributed by atoms with Gasteiger partial charge in [0.15, 0.2) is 0 Å². The van der Waals surface area contributed by atoms with Crippen molar-refractivity contribution in [2.45, 2.75) is 51.6 Å². The van der Waals surface area contributed by atoms with Crippen LogP contribution < -0.4 is 0 Å². The molecule has 2 unspecified atom stereocenters. The summed E-state index contributed by atoms with van der Waals surface area (Å²) in [6, 6.07) is 10.7. The number of rotatable bonds is 5. The molecule has 2 rings (SSSR count). The Morgan fingerprint density at radius 3 is 2.33 bits per heavy atom. The first kappa shape index (κ1) is 13.6. The summed E-state index contributed by atoms with van der Waals surface area (Å²) in [5, 5.41) is 0. The molecule has 0 bridgehead atoms. The second-order valence-corrected chi connectivity index (χ2v) is 5.54. The summed E-state index contributed by atoms with van der Waals surface area (Å²) in [5.74, 6) is 1.53. The maximum Gasteiger partial charge on any atom is 0.0851 e. The van der Waals surface area contributed by atoms with Crippen molar-refractivity contribution in [1.29, 1.82) is 0 Å². The van der Waals surface area contributed by atoms with Crippen LogP contribution in [0.1, 0.15) is 57.1 Å². The van der Waals surface area contributed by atoms with E-state index in [0.29, 0.717) is 5.92 Å². The first-order valence-electron chi connectivity index (χ1n) is 7.44. The van der Waals surface area contributed by atoms with Gasteiger partial charge < -0.3 is 4.74 Å². The van der Waals surface area contributed by atoms with Gasteiger partial charge in [-0.25, -0.2) is 0 Å². The number of hydrogen-bond acceptors (Lipinski definition) is 1. The molecule has 0 N–H and O–H groups in total. The highest BCUT2D eigenvalue weighted by molar-refractivity contribution is 5.18. The largest absolute Gasteiger partial charge is 0.376 e. The molecule has 0 amide bonds. The van der Waals surface area contributed by atoms with E-state index in [1.54, 1.807) is 0 Å². The van der Waals surface area contributed by atoms with E-state index in [1.807, 2.05) is 7.11 Å². The van der Waals surface area contributed by atoms with Crippen LogP contribution in [0.3, 0.4) is 0 Å². The number of benzene rings is 1. The molecule has 1 aromatic rings. The van der Waals surface area contributed by atoms with Crippen molar-refractivity contribution in [2.75, 3.05) is 7.11 Å². The Bertz CT molecular complexity index is 327. The highest BCUT2D eigenvalue weighted by Crippen LogP contribution is 2.40. The van der Waals surface area contributed by atoms with Crippen LogP contribution in [0.5, 0.6) is 0 Å². The van der Waals surface area contributed by atoms with Gasteiger partial charge in [-0.05, 0) is 17.4 Å². The van der Waals surface area contributed by atoms with Crippen molar-refractivity contribution in [3.63, 3.8) is 0 Å². The van der Waals surface area contributed by atoms with E-state index in [0.717, 1.165) is 5.92 Å². The summed E-state index contributed by atoms with van der Waals surface area (Å²) >= 11 is 0. The molecule has 1 aromatic carbocycles. The Balaban J connectivity index is 2.13. The third-order valence-electron chi connectivity index (χ3n) is 4.50. The Morgan fingerprint density at radius 2 is 1.78 bits per heavy atom. The molecule has 2 atom stereocenters. The fourth-order valence-corrected chi connectivity index (χ4v) is 3.56. The molecule has 1 heteroatoms.